The van der Waals surface area contributed by atoms with E-state index in [-0.39, 0.29) is 12.1 Å². The number of nitrogens with one attached hydrogen (secondary N) is 2. The maximum absolute atomic E-state index is 14.1. The standard InChI is InChI=1S/C14H19F4N3O/c1-13(8-20-7-12(19)22-13)10-6-9(2-3-11(10)15)21-5-4-14(16,17)18/h2-3,6,12,20-21H,4-5,7-8,19H2,1H3/t12-,13?/m1/s1. The molecule has 0 spiro atoms. The predicted octanol–water partition coefficient (Wildman–Crippen LogP) is 2.31. The monoisotopic (exact) mass is 321 g/mol. The number of halogens is 4. The van der Waals surface area contributed by atoms with Gasteiger partial charge >= 0.3 is 6.18 Å². The predicted molar refractivity (Wildman–Crippen MR) is 74.8 cm³/mol. The van der Waals surface area contributed by atoms with Crippen LogP contribution >= 0.6 is 0 Å². The van der Waals surface area contributed by atoms with Gasteiger partial charge in [-0.2, -0.15) is 13.2 Å². The van der Waals surface area contributed by atoms with Gasteiger partial charge in [0.15, 0.2) is 0 Å². The Labute approximate surface area is 126 Å². The van der Waals surface area contributed by atoms with E-state index in [1.54, 1.807) is 6.92 Å². The quantitative estimate of drug-likeness (QED) is 0.745. The molecule has 0 aliphatic carbocycles. The van der Waals surface area contributed by atoms with Crippen LogP contribution in [0.15, 0.2) is 18.2 Å². The Bertz CT molecular complexity index is 523. The van der Waals surface area contributed by atoms with Crippen molar-refractivity contribution < 1.29 is 22.3 Å². The molecule has 2 rings (SSSR count). The lowest BCUT2D eigenvalue weighted by atomic mass is 9.93. The third-order valence-electron chi connectivity index (χ3n) is 3.49. The van der Waals surface area contributed by atoms with Gasteiger partial charge in [0.1, 0.15) is 17.6 Å². The molecule has 0 aromatic heterocycles. The van der Waals surface area contributed by atoms with Crippen molar-refractivity contribution in [2.75, 3.05) is 25.0 Å². The van der Waals surface area contributed by atoms with Crippen molar-refractivity contribution in [3.05, 3.63) is 29.6 Å². The number of morpholine rings is 1. The molecule has 22 heavy (non-hydrogen) atoms. The van der Waals surface area contributed by atoms with E-state index in [4.69, 9.17) is 10.5 Å². The van der Waals surface area contributed by atoms with Crippen LogP contribution in [0, 0.1) is 5.82 Å². The first-order valence-corrected chi connectivity index (χ1v) is 6.94. The van der Waals surface area contributed by atoms with Crippen LogP contribution in [0.2, 0.25) is 0 Å². The Morgan fingerprint density at radius 3 is 2.82 bits per heavy atom. The van der Waals surface area contributed by atoms with Gasteiger partial charge in [-0.3, -0.25) is 0 Å². The second kappa shape index (κ2) is 6.39. The molecule has 1 aliphatic heterocycles. The Hall–Kier alpha value is -1.38. The van der Waals surface area contributed by atoms with Crippen molar-refractivity contribution in [2.45, 2.75) is 31.3 Å². The first kappa shape index (κ1) is 17.0. The minimum absolute atomic E-state index is 0.257. The van der Waals surface area contributed by atoms with Gasteiger partial charge in [-0.25, -0.2) is 4.39 Å². The molecule has 2 atom stereocenters. The van der Waals surface area contributed by atoms with Gasteiger partial charge in [-0.1, -0.05) is 0 Å². The van der Waals surface area contributed by atoms with Gasteiger partial charge in [-0.15, -0.1) is 0 Å². The maximum atomic E-state index is 14.1. The summed E-state index contributed by atoms with van der Waals surface area (Å²) in [6.07, 6.45) is -5.76. The van der Waals surface area contributed by atoms with Crippen LogP contribution in [0.3, 0.4) is 0 Å². The van der Waals surface area contributed by atoms with Crippen LogP contribution in [0.5, 0.6) is 0 Å². The van der Waals surface area contributed by atoms with E-state index in [1.165, 1.54) is 18.2 Å². The van der Waals surface area contributed by atoms with E-state index in [0.29, 0.717) is 18.8 Å². The third-order valence-corrected chi connectivity index (χ3v) is 3.49. The summed E-state index contributed by atoms with van der Waals surface area (Å²) in [4.78, 5) is 0. The first-order valence-electron chi connectivity index (χ1n) is 6.94. The lowest BCUT2D eigenvalue weighted by Crippen LogP contribution is -2.53. The molecule has 124 valence electrons. The zero-order valence-electron chi connectivity index (χ0n) is 12.1. The number of ether oxygens (including phenoxy) is 1. The molecule has 1 saturated heterocycles. The molecule has 0 amide bonds. The average molecular weight is 321 g/mol. The van der Waals surface area contributed by atoms with E-state index < -0.39 is 30.2 Å². The van der Waals surface area contributed by atoms with E-state index in [2.05, 4.69) is 10.6 Å². The summed E-state index contributed by atoms with van der Waals surface area (Å²) in [6, 6.07) is 4.07. The highest BCUT2D eigenvalue weighted by Gasteiger charge is 2.35. The fourth-order valence-corrected chi connectivity index (χ4v) is 2.42. The summed E-state index contributed by atoms with van der Waals surface area (Å²) in [5, 5.41) is 5.69. The second-order valence-corrected chi connectivity index (χ2v) is 5.50. The topological polar surface area (TPSA) is 59.3 Å². The molecule has 4 N–H and O–H groups in total. The minimum atomic E-state index is -4.23. The van der Waals surface area contributed by atoms with Crippen molar-refractivity contribution in [3.63, 3.8) is 0 Å². The molecule has 1 aromatic rings. The molecule has 1 unspecified atom stereocenters. The van der Waals surface area contributed by atoms with Crippen LogP contribution in [0.25, 0.3) is 0 Å². The SMILES string of the molecule is CC1(c2cc(NCCC(F)(F)F)ccc2F)CNC[C@H](N)O1. The Morgan fingerprint density at radius 1 is 1.45 bits per heavy atom. The fraction of sp³-hybridized carbons (Fsp3) is 0.571. The highest BCUT2D eigenvalue weighted by molar-refractivity contribution is 5.48. The second-order valence-electron chi connectivity index (χ2n) is 5.50. The summed E-state index contributed by atoms with van der Waals surface area (Å²) in [5.74, 6) is -0.486. The Kier molecular flexibility index (Phi) is 4.93. The number of hydrogen-bond donors (Lipinski definition) is 3. The lowest BCUT2D eigenvalue weighted by molar-refractivity contribution is -0.131. The summed E-state index contributed by atoms with van der Waals surface area (Å²) in [5.41, 5.74) is 5.41. The smallest absolute Gasteiger partial charge is 0.385 e. The zero-order chi connectivity index (χ0) is 16.4. The Balaban J connectivity index is 2.13. The molecule has 4 nitrogen and oxygen atoms in total. The van der Waals surface area contributed by atoms with E-state index in [9.17, 15) is 17.6 Å². The number of hydrogen-bond acceptors (Lipinski definition) is 4. The van der Waals surface area contributed by atoms with Gasteiger partial charge in [0, 0.05) is 30.9 Å². The normalized spacial score (nSPS) is 26.0. The summed E-state index contributed by atoms with van der Waals surface area (Å²) in [7, 11) is 0. The first-order chi connectivity index (χ1) is 10.2. The molecule has 0 radical (unpaired) electrons. The van der Waals surface area contributed by atoms with Crippen LogP contribution in [-0.2, 0) is 10.3 Å². The van der Waals surface area contributed by atoms with Gasteiger partial charge in [0.2, 0.25) is 0 Å². The summed E-state index contributed by atoms with van der Waals surface area (Å²) < 4.78 is 56.2. The van der Waals surface area contributed by atoms with Crippen molar-refractivity contribution in [3.8, 4) is 0 Å². The van der Waals surface area contributed by atoms with Crippen molar-refractivity contribution in [1.82, 2.24) is 5.32 Å². The van der Waals surface area contributed by atoms with Gasteiger partial charge < -0.3 is 21.1 Å². The summed E-state index contributed by atoms with van der Waals surface area (Å²) >= 11 is 0. The molecule has 8 heteroatoms. The average Bonchev–Trinajstić information content (AvgIpc) is 2.39. The van der Waals surface area contributed by atoms with Crippen LogP contribution < -0.4 is 16.4 Å². The molecule has 1 aromatic carbocycles. The van der Waals surface area contributed by atoms with Crippen molar-refractivity contribution in [1.29, 1.82) is 0 Å². The highest BCUT2D eigenvalue weighted by atomic mass is 19.4. The third kappa shape index (κ3) is 4.31. The molecule has 1 fully saturated rings. The molecule has 0 saturated carbocycles. The van der Waals surface area contributed by atoms with Gasteiger partial charge in [0.25, 0.3) is 0 Å². The largest absolute Gasteiger partial charge is 0.390 e. The minimum Gasteiger partial charge on any atom is -0.385 e. The highest BCUT2D eigenvalue weighted by Crippen LogP contribution is 2.32. The molecule has 1 aliphatic rings. The number of anilines is 1. The molecular weight excluding hydrogens is 302 g/mol. The fourth-order valence-electron chi connectivity index (χ4n) is 2.42. The number of alkyl halides is 3. The molecule has 1 heterocycles. The van der Waals surface area contributed by atoms with E-state index >= 15 is 0 Å². The molecular formula is C14H19F4N3O. The zero-order valence-corrected chi connectivity index (χ0v) is 12.1. The van der Waals surface area contributed by atoms with Crippen LogP contribution in [0.4, 0.5) is 23.2 Å². The Morgan fingerprint density at radius 2 is 2.18 bits per heavy atom. The van der Waals surface area contributed by atoms with Gasteiger partial charge in [-0.05, 0) is 25.1 Å². The lowest BCUT2D eigenvalue weighted by Gasteiger charge is -2.38. The number of rotatable bonds is 4. The molecule has 0 bridgehead atoms. The number of nitrogens with two attached hydrogens (primary N) is 1. The van der Waals surface area contributed by atoms with Gasteiger partial charge in [0.05, 0.1) is 6.42 Å². The summed E-state index contributed by atoms with van der Waals surface area (Å²) in [6.45, 7) is 2.24. The van der Waals surface area contributed by atoms with E-state index in [0.717, 1.165) is 0 Å². The van der Waals surface area contributed by atoms with Crippen molar-refractivity contribution in [2.24, 2.45) is 5.73 Å². The van der Waals surface area contributed by atoms with E-state index in [1.807, 2.05) is 0 Å². The number of benzene rings is 1. The van der Waals surface area contributed by atoms with Crippen LogP contribution in [0.1, 0.15) is 18.9 Å². The van der Waals surface area contributed by atoms with Crippen molar-refractivity contribution >= 4 is 5.69 Å². The maximum Gasteiger partial charge on any atom is 0.390 e. The van der Waals surface area contributed by atoms with Crippen LogP contribution in [-0.4, -0.2) is 32.0 Å².